The monoisotopic (exact) mass is 644 g/mol. The highest BCUT2D eigenvalue weighted by molar-refractivity contribution is 5.69. The van der Waals surface area contributed by atoms with Gasteiger partial charge in [-0.3, -0.25) is 9.59 Å². The Morgan fingerprint density at radius 2 is 1.38 bits per heavy atom. The number of aliphatic hydroxyl groups is 5. The summed E-state index contributed by atoms with van der Waals surface area (Å²) in [6, 6.07) is 0. The number of rotatable bonds is 3. The van der Waals surface area contributed by atoms with E-state index in [0.29, 0.717) is 12.8 Å². The van der Waals surface area contributed by atoms with Crippen LogP contribution in [0.15, 0.2) is 24.3 Å². The maximum absolute atomic E-state index is 12.7. The molecule has 5 N–H and O–H groups in total. The molecule has 13 heteroatoms. The molecule has 13 nitrogen and oxygen atoms in total. The number of fused-ring (bicyclic) bond motifs is 19. The molecule has 4 heterocycles. The Morgan fingerprint density at radius 1 is 0.756 bits per heavy atom. The second-order valence-corrected chi connectivity index (χ2v) is 11.8. The van der Waals surface area contributed by atoms with E-state index in [2.05, 4.69) is 24.3 Å². The second-order valence-electron chi connectivity index (χ2n) is 11.8. The molecule has 0 amide bonds. The Hall–Kier alpha value is -1.94. The molecule has 0 unspecified atom stereocenters. The van der Waals surface area contributed by atoms with E-state index in [1.807, 2.05) is 0 Å². The van der Waals surface area contributed by atoms with Gasteiger partial charge in [-0.1, -0.05) is 50.0 Å². The maximum Gasteiger partial charge on any atom is 0.306 e. The average molecular weight is 645 g/mol. The van der Waals surface area contributed by atoms with Gasteiger partial charge in [0.05, 0.1) is 6.61 Å². The fraction of sp³-hybridized carbons (Fsp3) is 0.812. The van der Waals surface area contributed by atoms with Crippen LogP contribution in [-0.4, -0.2) is 119 Å². The third-order valence-electron chi connectivity index (χ3n) is 8.13. The van der Waals surface area contributed by atoms with Crippen molar-refractivity contribution in [3.63, 3.8) is 0 Å². The molecule has 2 saturated heterocycles. The number of carbonyl (C=O) groups is 2. The third kappa shape index (κ3) is 12.3. The molecule has 0 radical (unpaired) electrons. The quantitative estimate of drug-likeness (QED) is 0.220. The van der Waals surface area contributed by atoms with Crippen molar-refractivity contribution < 1.29 is 63.5 Å². The van der Waals surface area contributed by atoms with Crippen molar-refractivity contribution in [3.8, 4) is 0 Å². The van der Waals surface area contributed by atoms with Gasteiger partial charge in [0.2, 0.25) is 0 Å². The van der Waals surface area contributed by atoms with Crippen molar-refractivity contribution in [1.29, 1.82) is 0 Å². The van der Waals surface area contributed by atoms with Crippen LogP contribution in [0.25, 0.3) is 0 Å². The Morgan fingerprint density at radius 3 is 2.07 bits per heavy atom. The first-order valence-electron chi connectivity index (χ1n) is 16.3. The molecular formula is C32H52O13. The fourth-order valence-electron chi connectivity index (χ4n) is 5.51. The number of aliphatic hydroxyl groups excluding tert-OH is 5. The van der Waals surface area contributed by atoms with Gasteiger partial charge in [-0.05, 0) is 44.9 Å². The molecule has 0 spiro atoms. The van der Waals surface area contributed by atoms with Crippen molar-refractivity contribution >= 4 is 11.9 Å². The van der Waals surface area contributed by atoms with Crippen LogP contribution < -0.4 is 0 Å². The Kier molecular flexibility index (Phi) is 16.9. The van der Waals surface area contributed by atoms with Gasteiger partial charge in [-0.25, -0.2) is 0 Å². The van der Waals surface area contributed by atoms with Gasteiger partial charge < -0.3 is 54.0 Å². The molecule has 0 aromatic rings. The standard InChI is InChI=1S/C32H52O13/c1-21(34)41-20-23-29-27(38)28(39)31(43-23)45-30-26(37)25(36)22(19-33)42-32(30)40-18-16-14-12-10-8-6-4-2-3-5-7-9-11-13-15-17-24(35)44-29/h2-3,6,8,22-23,25-33,36-39H,4-5,7,9-20H2,1H3/b3-2-,8-6-/t22-,23-,25-,26+,27-,28-,29-,30-,31+,32-/m1/s1. The van der Waals surface area contributed by atoms with Crippen molar-refractivity contribution in [2.75, 3.05) is 19.8 Å². The van der Waals surface area contributed by atoms with Gasteiger partial charge in [0.25, 0.3) is 0 Å². The SMILES string of the molecule is CC(=O)OC[C@H]1O[C@H]2O[C@H]3[C@H](OCCCCC/C=C\C/C=C\CCCCCCCC(=O)O[C@H]1[C@H](O)[C@H]2O)O[C@H](CO)[C@@H](O)[C@@H]3O. The normalized spacial score (nSPS) is 38.7. The van der Waals surface area contributed by atoms with E-state index in [0.717, 1.165) is 57.8 Å². The number of hydrogen-bond acceptors (Lipinski definition) is 13. The molecule has 2 fully saturated rings. The third-order valence-corrected chi connectivity index (χ3v) is 8.13. The summed E-state index contributed by atoms with van der Waals surface area (Å²) in [6.07, 6.45) is 3.91. The lowest BCUT2D eigenvalue weighted by atomic mass is 9.97. The molecule has 4 rings (SSSR count). The summed E-state index contributed by atoms with van der Waals surface area (Å²) in [6.45, 7) is 0.395. The number of ether oxygens (including phenoxy) is 6. The summed E-state index contributed by atoms with van der Waals surface area (Å²) in [5.74, 6) is -1.24. The molecule has 0 aliphatic carbocycles. The smallest absolute Gasteiger partial charge is 0.306 e. The number of hydrogen-bond donors (Lipinski definition) is 5. The van der Waals surface area contributed by atoms with Gasteiger partial charge >= 0.3 is 11.9 Å². The summed E-state index contributed by atoms with van der Waals surface area (Å²) in [5.41, 5.74) is 0. The lowest BCUT2D eigenvalue weighted by molar-refractivity contribution is -0.367. The summed E-state index contributed by atoms with van der Waals surface area (Å²) in [4.78, 5) is 24.2. The Labute approximate surface area is 265 Å². The molecule has 0 saturated carbocycles. The van der Waals surface area contributed by atoms with Gasteiger partial charge in [0, 0.05) is 20.0 Å². The number of esters is 2. The van der Waals surface area contributed by atoms with Gasteiger partial charge in [-0.15, -0.1) is 0 Å². The minimum absolute atomic E-state index is 0.0975. The van der Waals surface area contributed by atoms with Crippen LogP contribution in [0, 0.1) is 0 Å². The molecule has 0 aromatic carbocycles. The van der Waals surface area contributed by atoms with Crippen LogP contribution in [0.2, 0.25) is 0 Å². The predicted molar refractivity (Wildman–Crippen MR) is 159 cm³/mol. The van der Waals surface area contributed by atoms with E-state index in [1.54, 1.807) is 0 Å². The summed E-state index contributed by atoms with van der Waals surface area (Å²) < 4.78 is 33.8. The number of allylic oxidation sites excluding steroid dienone is 4. The topological polar surface area (TPSA) is 191 Å². The maximum atomic E-state index is 12.7. The Balaban J connectivity index is 1.74. The summed E-state index contributed by atoms with van der Waals surface area (Å²) in [5, 5.41) is 53.0. The molecule has 4 aliphatic rings. The van der Waals surface area contributed by atoms with Crippen LogP contribution in [0.3, 0.4) is 0 Å². The highest BCUT2D eigenvalue weighted by Crippen LogP contribution is 2.31. The lowest BCUT2D eigenvalue weighted by Gasteiger charge is -2.46. The zero-order valence-corrected chi connectivity index (χ0v) is 26.2. The van der Waals surface area contributed by atoms with Crippen LogP contribution in [0.4, 0.5) is 0 Å². The minimum Gasteiger partial charge on any atom is -0.463 e. The van der Waals surface area contributed by atoms with Gasteiger partial charge in [0.15, 0.2) is 18.7 Å². The van der Waals surface area contributed by atoms with E-state index < -0.39 is 86.6 Å². The first-order valence-corrected chi connectivity index (χ1v) is 16.3. The number of carbonyl (C=O) groups excluding carboxylic acids is 2. The summed E-state index contributed by atoms with van der Waals surface area (Å²) >= 11 is 0. The van der Waals surface area contributed by atoms with Crippen molar-refractivity contribution in [1.82, 2.24) is 0 Å². The zero-order valence-electron chi connectivity index (χ0n) is 26.2. The first-order chi connectivity index (χ1) is 21.7. The minimum atomic E-state index is -1.76. The van der Waals surface area contributed by atoms with E-state index in [-0.39, 0.29) is 13.0 Å². The van der Waals surface area contributed by atoms with Crippen LogP contribution in [-0.2, 0) is 38.0 Å². The van der Waals surface area contributed by atoms with E-state index >= 15 is 0 Å². The van der Waals surface area contributed by atoms with E-state index in [9.17, 15) is 35.1 Å². The molecule has 45 heavy (non-hydrogen) atoms. The first kappa shape index (κ1) is 37.5. The van der Waals surface area contributed by atoms with Crippen LogP contribution in [0.5, 0.6) is 0 Å². The molecule has 0 aromatic heterocycles. The zero-order chi connectivity index (χ0) is 32.6. The fourth-order valence-corrected chi connectivity index (χ4v) is 5.51. The molecular weight excluding hydrogens is 592 g/mol. The van der Waals surface area contributed by atoms with Crippen LogP contribution in [0.1, 0.15) is 84.0 Å². The van der Waals surface area contributed by atoms with Crippen molar-refractivity contribution in [2.45, 2.75) is 145 Å². The van der Waals surface area contributed by atoms with E-state index in [4.69, 9.17) is 28.4 Å². The van der Waals surface area contributed by atoms with E-state index in [1.165, 1.54) is 6.92 Å². The van der Waals surface area contributed by atoms with Crippen molar-refractivity contribution in [3.05, 3.63) is 24.3 Å². The molecule has 10 atom stereocenters. The van der Waals surface area contributed by atoms with Gasteiger partial charge in [0.1, 0.15) is 49.3 Å². The average Bonchev–Trinajstić information content (AvgIpc) is 3.01. The predicted octanol–water partition coefficient (Wildman–Crippen LogP) is 1.56. The molecule has 4 aliphatic heterocycles. The van der Waals surface area contributed by atoms with Crippen LogP contribution >= 0.6 is 0 Å². The van der Waals surface area contributed by atoms with Gasteiger partial charge in [-0.2, -0.15) is 0 Å². The highest BCUT2D eigenvalue weighted by Gasteiger charge is 2.52. The largest absolute Gasteiger partial charge is 0.463 e. The lowest BCUT2D eigenvalue weighted by Crippen LogP contribution is -2.65. The van der Waals surface area contributed by atoms with Crippen molar-refractivity contribution in [2.24, 2.45) is 0 Å². The Bertz CT molecular complexity index is 927. The highest BCUT2D eigenvalue weighted by atomic mass is 16.8. The summed E-state index contributed by atoms with van der Waals surface area (Å²) in [7, 11) is 0. The molecule has 258 valence electrons. The molecule has 2 bridgehead atoms. The second kappa shape index (κ2) is 20.3.